The van der Waals surface area contributed by atoms with Crippen LogP contribution in [0.3, 0.4) is 0 Å². The van der Waals surface area contributed by atoms with Crippen molar-refractivity contribution in [1.29, 1.82) is 0 Å². The van der Waals surface area contributed by atoms with E-state index in [1.807, 2.05) is 31.2 Å². The highest BCUT2D eigenvalue weighted by Crippen LogP contribution is 2.35. The first-order valence-electron chi connectivity index (χ1n) is 9.79. The lowest BCUT2D eigenvalue weighted by atomic mass is 10.2. The Bertz CT molecular complexity index is 987. The van der Waals surface area contributed by atoms with Gasteiger partial charge in [0.05, 0.1) is 0 Å². The van der Waals surface area contributed by atoms with E-state index < -0.39 is 0 Å². The fraction of sp³-hybridized carbons (Fsp3) is 0.273. The van der Waals surface area contributed by atoms with Crippen LogP contribution in [0.5, 0.6) is 11.5 Å². The quantitative estimate of drug-likeness (QED) is 0.597. The maximum absolute atomic E-state index is 5.44. The molecule has 0 spiro atoms. The molecule has 0 fully saturated rings. The number of hydrogen-bond acceptors (Lipinski definition) is 7. The van der Waals surface area contributed by atoms with Crippen LogP contribution in [0.15, 0.2) is 48.5 Å². The molecule has 1 aliphatic heterocycles. The second-order valence-electron chi connectivity index (χ2n) is 6.72. The molecule has 29 heavy (non-hydrogen) atoms. The summed E-state index contributed by atoms with van der Waals surface area (Å²) in [6.07, 6.45) is 0. The van der Waals surface area contributed by atoms with Crippen molar-refractivity contribution in [2.24, 2.45) is 0 Å². The van der Waals surface area contributed by atoms with E-state index in [1.165, 1.54) is 5.69 Å². The lowest BCUT2D eigenvalue weighted by Gasteiger charge is -2.21. The second kappa shape index (κ2) is 8.26. The van der Waals surface area contributed by atoms with Crippen molar-refractivity contribution in [3.63, 3.8) is 0 Å². The number of aromatic nitrogens is 2. The van der Waals surface area contributed by atoms with Gasteiger partial charge in [0.2, 0.25) is 6.79 Å². The van der Waals surface area contributed by atoms with Crippen LogP contribution in [0.25, 0.3) is 0 Å². The van der Waals surface area contributed by atoms with E-state index in [9.17, 15) is 0 Å². The summed E-state index contributed by atoms with van der Waals surface area (Å²) in [4.78, 5) is 11.3. The fourth-order valence-corrected chi connectivity index (χ4v) is 3.31. The molecular formula is C22H25N5O2. The highest BCUT2D eigenvalue weighted by molar-refractivity contribution is 5.66. The van der Waals surface area contributed by atoms with Gasteiger partial charge >= 0.3 is 0 Å². The monoisotopic (exact) mass is 391 g/mol. The Labute approximate surface area is 170 Å². The summed E-state index contributed by atoms with van der Waals surface area (Å²) in [5, 5.41) is 6.67. The van der Waals surface area contributed by atoms with Crippen LogP contribution in [0.4, 0.5) is 28.7 Å². The first kappa shape index (κ1) is 18.9. The van der Waals surface area contributed by atoms with Crippen molar-refractivity contribution < 1.29 is 9.47 Å². The number of hydrogen-bond donors (Lipinski definition) is 2. The maximum Gasteiger partial charge on any atom is 0.231 e. The Balaban J connectivity index is 1.49. The lowest BCUT2D eigenvalue weighted by molar-refractivity contribution is 0.174. The van der Waals surface area contributed by atoms with Gasteiger partial charge in [-0.25, -0.2) is 9.97 Å². The van der Waals surface area contributed by atoms with Gasteiger partial charge < -0.3 is 25.0 Å². The van der Waals surface area contributed by atoms with Crippen LogP contribution in [-0.4, -0.2) is 29.9 Å². The van der Waals surface area contributed by atoms with Crippen LogP contribution in [0, 0.1) is 6.92 Å². The van der Waals surface area contributed by atoms with Gasteiger partial charge in [-0.05, 0) is 57.2 Å². The van der Waals surface area contributed by atoms with Crippen LogP contribution in [-0.2, 0) is 0 Å². The summed E-state index contributed by atoms with van der Waals surface area (Å²) in [5.41, 5.74) is 3.07. The van der Waals surface area contributed by atoms with Crippen molar-refractivity contribution >= 4 is 28.7 Å². The van der Waals surface area contributed by atoms with Gasteiger partial charge in [-0.3, -0.25) is 0 Å². The van der Waals surface area contributed by atoms with Gasteiger partial charge in [-0.15, -0.1) is 0 Å². The number of ether oxygens (including phenoxy) is 2. The largest absolute Gasteiger partial charge is 0.454 e. The molecule has 1 aromatic heterocycles. The summed E-state index contributed by atoms with van der Waals surface area (Å²) < 4.78 is 10.8. The van der Waals surface area contributed by atoms with E-state index in [4.69, 9.17) is 9.47 Å². The third kappa shape index (κ3) is 4.34. The van der Waals surface area contributed by atoms with Crippen molar-refractivity contribution in [2.75, 3.05) is 35.4 Å². The van der Waals surface area contributed by atoms with E-state index in [-0.39, 0.29) is 6.79 Å². The summed E-state index contributed by atoms with van der Waals surface area (Å²) in [6, 6.07) is 16.0. The normalized spacial score (nSPS) is 12.0. The van der Waals surface area contributed by atoms with Gasteiger partial charge in [0.25, 0.3) is 0 Å². The molecule has 7 nitrogen and oxygen atoms in total. The lowest BCUT2D eigenvalue weighted by Crippen LogP contribution is -2.21. The highest BCUT2D eigenvalue weighted by Gasteiger charge is 2.13. The van der Waals surface area contributed by atoms with Crippen LogP contribution < -0.4 is 25.0 Å². The van der Waals surface area contributed by atoms with E-state index in [0.29, 0.717) is 11.6 Å². The van der Waals surface area contributed by atoms with E-state index >= 15 is 0 Å². The molecule has 0 saturated carbocycles. The molecule has 4 rings (SSSR count). The molecule has 2 heterocycles. The molecule has 2 N–H and O–H groups in total. The van der Waals surface area contributed by atoms with Crippen LogP contribution in [0.1, 0.15) is 19.7 Å². The molecule has 0 unspecified atom stereocenters. The average molecular weight is 391 g/mol. The van der Waals surface area contributed by atoms with Gasteiger partial charge in [0.15, 0.2) is 11.5 Å². The molecule has 0 amide bonds. The Morgan fingerprint density at radius 1 is 0.828 bits per heavy atom. The zero-order valence-corrected chi connectivity index (χ0v) is 16.9. The van der Waals surface area contributed by atoms with Crippen LogP contribution >= 0.6 is 0 Å². The van der Waals surface area contributed by atoms with Crippen molar-refractivity contribution in [2.45, 2.75) is 20.8 Å². The molecule has 0 aliphatic carbocycles. The highest BCUT2D eigenvalue weighted by atomic mass is 16.7. The maximum atomic E-state index is 5.44. The molecule has 0 bridgehead atoms. The molecule has 3 aromatic rings. The van der Waals surface area contributed by atoms with Gasteiger partial charge in [-0.1, -0.05) is 0 Å². The zero-order valence-electron chi connectivity index (χ0n) is 16.9. The van der Waals surface area contributed by atoms with Crippen LogP contribution in [0.2, 0.25) is 0 Å². The molecule has 0 saturated heterocycles. The van der Waals surface area contributed by atoms with Gasteiger partial charge in [-0.2, -0.15) is 0 Å². The number of fused-ring (bicyclic) bond motifs is 1. The topological polar surface area (TPSA) is 71.5 Å². The predicted molar refractivity (Wildman–Crippen MR) is 116 cm³/mol. The third-order valence-electron chi connectivity index (χ3n) is 4.75. The molecule has 150 valence electrons. The Hall–Kier alpha value is -3.48. The van der Waals surface area contributed by atoms with E-state index in [2.05, 4.69) is 63.6 Å². The molecule has 0 radical (unpaired) electrons. The first-order chi connectivity index (χ1) is 14.1. The minimum atomic E-state index is 0.256. The summed E-state index contributed by atoms with van der Waals surface area (Å²) in [5.74, 6) is 3.60. The molecule has 2 aromatic carbocycles. The minimum absolute atomic E-state index is 0.256. The Morgan fingerprint density at radius 2 is 1.45 bits per heavy atom. The number of nitrogens with zero attached hydrogens (tertiary/aromatic N) is 3. The molecular weight excluding hydrogens is 366 g/mol. The third-order valence-corrected chi connectivity index (χ3v) is 4.75. The summed E-state index contributed by atoms with van der Waals surface area (Å²) in [7, 11) is 0. The SMILES string of the molecule is CCN(CC)c1ccc(Nc2cc(Nc3ccc4c(c3)OCO4)nc(C)n2)cc1. The number of rotatable bonds is 7. The Kier molecular flexibility index (Phi) is 5.37. The number of aryl methyl sites for hydroxylation is 1. The van der Waals surface area contributed by atoms with Gasteiger partial charge in [0, 0.05) is 42.3 Å². The zero-order chi connectivity index (χ0) is 20.2. The van der Waals surface area contributed by atoms with Gasteiger partial charge in [0.1, 0.15) is 17.5 Å². The Morgan fingerprint density at radius 3 is 2.14 bits per heavy atom. The fourth-order valence-electron chi connectivity index (χ4n) is 3.31. The molecule has 7 heteroatoms. The van der Waals surface area contributed by atoms with Crippen molar-refractivity contribution in [3.05, 3.63) is 54.4 Å². The molecule has 1 aliphatic rings. The van der Waals surface area contributed by atoms with E-state index in [1.54, 1.807) is 0 Å². The van der Waals surface area contributed by atoms with Crippen molar-refractivity contribution in [3.8, 4) is 11.5 Å². The average Bonchev–Trinajstić information content (AvgIpc) is 3.17. The number of benzene rings is 2. The minimum Gasteiger partial charge on any atom is -0.454 e. The summed E-state index contributed by atoms with van der Waals surface area (Å²) >= 11 is 0. The smallest absolute Gasteiger partial charge is 0.231 e. The summed E-state index contributed by atoms with van der Waals surface area (Å²) in [6.45, 7) is 8.43. The first-order valence-corrected chi connectivity index (χ1v) is 9.79. The van der Waals surface area contributed by atoms with Crippen molar-refractivity contribution in [1.82, 2.24) is 9.97 Å². The number of nitrogens with one attached hydrogen (secondary N) is 2. The second-order valence-corrected chi connectivity index (χ2v) is 6.72. The predicted octanol–water partition coefficient (Wildman–Crippen LogP) is 4.85. The van der Waals surface area contributed by atoms with E-state index in [0.717, 1.165) is 41.8 Å². The molecule has 0 atom stereocenters. The number of anilines is 5. The standard InChI is InChI=1S/C22H25N5O2/c1-4-27(5-2)18-9-6-16(7-10-18)25-21-13-22(24-15(3)23-21)26-17-8-11-19-20(12-17)29-14-28-19/h6-13H,4-5,14H2,1-3H3,(H2,23,24,25,26).